The molecule has 0 aromatic carbocycles. The van der Waals surface area contributed by atoms with E-state index in [-0.39, 0.29) is 0 Å². The van der Waals surface area contributed by atoms with Crippen molar-refractivity contribution in [2.75, 3.05) is 0 Å². The number of allylic oxidation sites excluding steroid dienone is 4. The van der Waals surface area contributed by atoms with E-state index < -0.39 is 0 Å². The predicted molar refractivity (Wildman–Crippen MR) is 35.3 cm³/mol. The van der Waals surface area contributed by atoms with Crippen molar-refractivity contribution in [2.24, 2.45) is 0 Å². The zero-order chi connectivity index (χ0) is 5.98. The van der Waals surface area contributed by atoms with Gasteiger partial charge in [0.25, 0.3) is 0 Å². The molecule has 0 aliphatic heterocycles. The maximum Gasteiger partial charge on any atom is 0.1000 e. The molecule has 0 heterocycles. The molecule has 1 rings (SSSR count). The van der Waals surface area contributed by atoms with E-state index in [1.165, 1.54) is 0 Å². The fraction of sp³-hybridized carbons (Fsp3) is 0.167. The SMILES string of the molecule is N#CC1=C(Br)CC=C1. The Bertz CT molecular complexity index is 195. The van der Waals surface area contributed by atoms with Gasteiger partial charge in [-0.2, -0.15) is 5.26 Å². The van der Waals surface area contributed by atoms with Gasteiger partial charge in [0.2, 0.25) is 0 Å². The van der Waals surface area contributed by atoms with Crippen LogP contribution < -0.4 is 0 Å². The molecular weight excluding hydrogens is 166 g/mol. The minimum atomic E-state index is 0.755. The summed E-state index contributed by atoms with van der Waals surface area (Å²) in [5.41, 5.74) is 0.755. The van der Waals surface area contributed by atoms with Crippen LogP contribution in [0.5, 0.6) is 0 Å². The highest BCUT2D eigenvalue weighted by Crippen LogP contribution is 2.22. The Kier molecular flexibility index (Phi) is 1.50. The van der Waals surface area contributed by atoms with Crippen molar-refractivity contribution in [2.45, 2.75) is 6.42 Å². The average molecular weight is 170 g/mol. The maximum absolute atomic E-state index is 8.35. The van der Waals surface area contributed by atoms with Crippen LogP contribution in [-0.4, -0.2) is 0 Å². The van der Waals surface area contributed by atoms with Crippen molar-refractivity contribution < 1.29 is 0 Å². The Morgan fingerprint density at radius 2 is 2.50 bits per heavy atom. The van der Waals surface area contributed by atoms with Gasteiger partial charge in [-0.15, -0.1) is 0 Å². The molecule has 0 unspecified atom stereocenters. The molecule has 0 N–H and O–H groups in total. The lowest BCUT2D eigenvalue weighted by Gasteiger charge is -1.82. The lowest BCUT2D eigenvalue weighted by atomic mass is 10.3. The summed E-state index contributed by atoms with van der Waals surface area (Å²) in [6.07, 6.45) is 4.66. The van der Waals surface area contributed by atoms with Gasteiger partial charge in [0.05, 0.1) is 11.6 Å². The van der Waals surface area contributed by atoms with E-state index in [0.717, 1.165) is 16.5 Å². The molecule has 0 amide bonds. The van der Waals surface area contributed by atoms with Crippen molar-refractivity contribution in [3.05, 3.63) is 22.2 Å². The highest BCUT2D eigenvalue weighted by atomic mass is 79.9. The number of hydrogen-bond donors (Lipinski definition) is 0. The number of nitriles is 1. The van der Waals surface area contributed by atoms with E-state index in [1.54, 1.807) is 0 Å². The van der Waals surface area contributed by atoms with Crippen LogP contribution in [0.15, 0.2) is 22.2 Å². The molecule has 1 aliphatic carbocycles. The first-order valence-electron chi connectivity index (χ1n) is 2.30. The van der Waals surface area contributed by atoms with Gasteiger partial charge >= 0.3 is 0 Å². The summed E-state index contributed by atoms with van der Waals surface area (Å²) in [5, 5.41) is 8.35. The maximum atomic E-state index is 8.35. The third-order valence-electron chi connectivity index (χ3n) is 0.994. The van der Waals surface area contributed by atoms with Gasteiger partial charge in [0.15, 0.2) is 0 Å². The molecule has 40 valence electrons. The predicted octanol–water partition coefficient (Wildman–Crippen LogP) is 2.12. The van der Waals surface area contributed by atoms with Gasteiger partial charge in [-0.1, -0.05) is 22.0 Å². The number of hydrogen-bond acceptors (Lipinski definition) is 1. The first-order chi connectivity index (χ1) is 3.84. The molecular formula is C6H4BrN. The van der Waals surface area contributed by atoms with Crippen molar-refractivity contribution >= 4 is 15.9 Å². The van der Waals surface area contributed by atoms with E-state index in [9.17, 15) is 0 Å². The first kappa shape index (κ1) is 5.58. The molecule has 8 heavy (non-hydrogen) atoms. The molecule has 0 bridgehead atoms. The van der Waals surface area contributed by atoms with Gasteiger partial charge in [-0.25, -0.2) is 0 Å². The van der Waals surface area contributed by atoms with Crippen molar-refractivity contribution in [1.29, 1.82) is 5.26 Å². The van der Waals surface area contributed by atoms with Crippen molar-refractivity contribution in [3.8, 4) is 6.07 Å². The fourth-order valence-electron chi connectivity index (χ4n) is 0.579. The average Bonchev–Trinajstić information content (AvgIpc) is 2.14. The Morgan fingerprint density at radius 1 is 1.75 bits per heavy atom. The van der Waals surface area contributed by atoms with Gasteiger partial charge in [0.1, 0.15) is 0 Å². The van der Waals surface area contributed by atoms with Crippen molar-refractivity contribution in [1.82, 2.24) is 0 Å². The highest BCUT2D eigenvalue weighted by Gasteiger charge is 2.02. The molecule has 1 nitrogen and oxygen atoms in total. The third kappa shape index (κ3) is 0.823. The Balaban J connectivity index is 2.91. The van der Waals surface area contributed by atoms with Gasteiger partial charge in [-0.05, 0) is 12.5 Å². The van der Waals surface area contributed by atoms with E-state index in [0.29, 0.717) is 0 Å². The summed E-state index contributed by atoms with van der Waals surface area (Å²) in [4.78, 5) is 0. The second-order valence-corrected chi connectivity index (χ2v) is 2.49. The number of rotatable bonds is 0. The fourth-order valence-corrected chi connectivity index (χ4v) is 0.986. The molecule has 0 aromatic rings. The molecule has 0 radical (unpaired) electrons. The van der Waals surface area contributed by atoms with E-state index >= 15 is 0 Å². The second-order valence-electron chi connectivity index (χ2n) is 1.54. The normalized spacial score (nSPS) is 17.0. The summed E-state index contributed by atoms with van der Waals surface area (Å²) >= 11 is 3.26. The summed E-state index contributed by atoms with van der Waals surface area (Å²) in [6.45, 7) is 0. The second kappa shape index (κ2) is 2.15. The molecule has 1 aliphatic rings. The largest absolute Gasteiger partial charge is 0.192 e. The Labute approximate surface area is 56.4 Å². The lowest BCUT2D eigenvalue weighted by Crippen LogP contribution is -1.66. The molecule has 0 saturated carbocycles. The standard InChI is InChI=1S/C6H4BrN/c7-6-3-1-2-5(6)4-8/h1-2H,3H2. The molecule has 0 spiro atoms. The van der Waals surface area contributed by atoms with E-state index in [1.807, 2.05) is 12.2 Å². The van der Waals surface area contributed by atoms with Crippen LogP contribution in [0.2, 0.25) is 0 Å². The van der Waals surface area contributed by atoms with Crippen LogP contribution in [0, 0.1) is 11.3 Å². The molecule has 2 heteroatoms. The van der Waals surface area contributed by atoms with Crippen LogP contribution in [0.3, 0.4) is 0 Å². The number of halogens is 1. The van der Waals surface area contributed by atoms with Crippen molar-refractivity contribution in [3.63, 3.8) is 0 Å². The molecule has 0 fully saturated rings. The quantitative estimate of drug-likeness (QED) is 0.546. The minimum Gasteiger partial charge on any atom is -0.192 e. The van der Waals surface area contributed by atoms with Crippen LogP contribution in [0.25, 0.3) is 0 Å². The summed E-state index contributed by atoms with van der Waals surface area (Å²) < 4.78 is 1.00. The van der Waals surface area contributed by atoms with Crippen LogP contribution in [0.1, 0.15) is 6.42 Å². The first-order valence-corrected chi connectivity index (χ1v) is 3.09. The number of nitrogens with zero attached hydrogens (tertiary/aromatic N) is 1. The summed E-state index contributed by atoms with van der Waals surface area (Å²) in [6, 6.07) is 2.06. The molecule has 0 aromatic heterocycles. The lowest BCUT2D eigenvalue weighted by molar-refractivity contribution is 1.41. The highest BCUT2D eigenvalue weighted by molar-refractivity contribution is 9.11. The van der Waals surface area contributed by atoms with Gasteiger partial charge in [0, 0.05) is 4.48 Å². The molecule has 0 saturated heterocycles. The van der Waals surface area contributed by atoms with Gasteiger partial charge in [-0.3, -0.25) is 0 Å². The Morgan fingerprint density at radius 3 is 2.75 bits per heavy atom. The summed E-state index contributed by atoms with van der Waals surface area (Å²) in [7, 11) is 0. The van der Waals surface area contributed by atoms with Crippen LogP contribution in [-0.2, 0) is 0 Å². The zero-order valence-electron chi connectivity index (χ0n) is 4.19. The monoisotopic (exact) mass is 169 g/mol. The van der Waals surface area contributed by atoms with E-state index in [2.05, 4.69) is 22.0 Å². The smallest absolute Gasteiger partial charge is 0.1000 e. The topological polar surface area (TPSA) is 23.8 Å². The Hall–Kier alpha value is -0.550. The minimum absolute atomic E-state index is 0.755. The molecule has 0 atom stereocenters. The van der Waals surface area contributed by atoms with Gasteiger partial charge < -0.3 is 0 Å². The van der Waals surface area contributed by atoms with Crippen LogP contribution in [0.4, 0.5) is 0 Å². The zero-order valence-corrected chi connectivity index (χ0v) is 5.77. The van der Waals surface area contributed by atoms with E-state index in [4.69, 9.17) is 5.26 Å². The third-order valence-corrected chi connectivity index (χ3v) is 1.75. The summed E-state index contributed by atoms with van der Waals surface area (Å²) in [5.74, 6) is 0. The van der Waals surface area contributed by atoms with Crippen LogP contribution >= 0.6 is 15.9 Å².